The van der Waals surface area contributed by atoms with E-state index >= 15 is 0 Å². The number of nitrogens with zero attached hydrogens (tertiary/aromatic N) is 3. The summed E-state index contributed by atoms with van der Waals surface area (Å²) in [7, 11) is 0. The molecule has 3 heterocycles. The van der Waals surface area contributed by atoms with Gasteiger partial charge < -0.3 is 9.13 Å². The Labute approximate surface area is 353 Å². The Kier molecular flexibility index (Phi) is 7.07. The summed E-state index contributed by atoms with van der Waals surface area (Å²) in [6.07, 6.45) is 0. The molecule has 12 aromatic rings. The second-order valence-corrected chi connectivity index (χ2v) is 17.1. The van der Waals surface area contributed by atoms with Gasteiger partial charge in [0.1, 0.15) is 0 Å². The third-order valence-corrected chi connectivity index (χ3v) is 13.5. The van der Waals surface area contributed by atoms with Crippen molar-refractivity contribution in [3.8, 4) is 44.9 Å². The summed E-state index contributed by atoms with van der Waals surface area (Å²) in [5.41, 5.74) is 17.7. The molecule has 0 bridgehead atoms. The van der Waals surface area contributed by atoms with Crippen LogP contribution >= 0.6 is 0 Å². The first-order valence-corrected chi connectivity index (χ1v) is 21.2. The maximum atomic E-state index is 5.40. The van der Waals surface area contributed by atoms with E-state index in [0.29, 0.717) is 0 Å². The third kappa shape index (κ3) is 4.83. The van der Waals surface area contributed by atoms with Crippen molar-refractivity contribution < 1.29 is 0 Å². The van der Waals surface area contributed by atoms with Crippen LogP contribution in [0.1, 0.15) is 25.0 Å². The molecule has 0 N–H and O–H groups in total. The van der Waals surface area contributed by atoms with Crippen molar-refractivity contribution in [2.75, 3.05) is 0 Å². The van der Waals surface area contributed by atoms with Gasteiger partial charge in [0.2, 0.25) is 0 Å². The van der Waals surface area contributed by atoms with Crippen molar-refractivity contribution in [2.45, 2.75) is 19.3 Å². The number of benzene rings is 9. The molecule has 3 nitrogen and oxygen atoms in total. The highest BCUT2D eigenvalue weighted by molar-refractivity contribution is 6.16. The fourth-order valence-electron chi connectivity index (χ4n) is 10.8. The topological polar surface area (TPSA) is 22.8 Å². The summed E-state index contributed by atoms with van der Waals surface area (Å²) >= 11 is 0. The molecule has 0 atom stereocenters. The molecule has 3 heteroatoms. The molecule has 1 aliphatic rings. The Morgan fingerprint density at radius 3 is 1.43 bits per heavy atom. The van der Waals surface area contributed by atoms with E-state index in [4.69, 9.17) is 4.98 Å². The van der Waals surface area contributed by atoms with Crippen LogP contribution in [0.15, 0.2) is 200 Å². The average molecular weight is 778 g/mol. The van der Waals surface area contributed by atoms with Gasteiger partial charge in [0.05, 0.1) is 33.3 Å². The quantitative estimate of drug-likeness (QED) is 0.163. The van der Waals surface area contributed by atoms with Crippen molar-refractivity contribution in [1.29, 1.82) is 0 Å². The van der Waals surface area contributed by atoms with Crippen LogP contribution in [0.4, 0.5) is 0 Å². The zero-order valence-electron chi connectivity index (χ0n) is 33.9. The molecule has 9 aromatic carbocycles. The number of pyridine rings is 1. The third-order valence-electron chi connectivity index (χ3n) is 13.5. The molecule has 0 fully saturated rings. The lowest BCUT2D eigenvalue weighted by Gasteiger charge is -2.24. The van der Waals surface area contributed by atoms with Crippen molar-refractivity contribution in [1.82, 2.24) is 14.1 Å². The molecule has 1 aliphatic carbocycles. The number of fused-ring (bicyclic) bond motifs is 13. The number of aromatic nitrogens is 3. The van der Waals surface area contributed by atoms with Crippen LogP contribution in [0.5, 0.6) is 0 Å². The predicted molar refractivity (Wildman–Crippen MR) is 256 cm³/mol. The first-order valence-electron chi connectivity index (χ1n) is 21.2. The molecule has 0 radical (unpaired) electrons. The van der Waals surface area contributed by atoms with Crippen LogP contribution < -0.4 is 0 Å². The number of hydrogen-bond donors (Lipinski definition) is 0. The Bertz CT molecular complexity index is 3550. The monoisotopic (exact) mass is 777 g/mol. The maximum Gasteiger partial charge on any atom is 0.0788 e. The van der Waals surface area contributed by atoms with E-state index in [1.807, 2.05) is 0 Å². The molecule has 0 aliphatic heterocycles. The van der Waals surface area contributed by atoms with Crippen LogP contribution in [0.3, 0.4) is 0 Å². The normalized spacial score (nSPS) is 13.2. The second-order valence-electron chi connectivity index (χ2n) is 17.1. The smallest absolute Gasteiger partial charge is 0.0788 e. The molecule has 61 heavy (non-hydrogen) atoms. The fraction of sp³-hybridized carbons (Fsp3) is 0.0517. The van der Waals surface area contributed by atoms with Crippen LogP contribution in [0.25, 0.3) is 110 Å². The number of hydrogen-bond acceptors (Lipinski definition) is 1. The molecule has 0 spiro atoms. The van der Waals surface area contributed by atoms with Gasteiger partial charge >= 0.3 is 0 Å². The molecule has 286 valence electrons. The standard InChI is InChI=1S/C58H39N3/c1-58(2)49-21-9-3-15-41(49)46-31-32-48-55(56(46)58)47-20-4-10-22-50(47)59-57(48)37-29-27-36(28-30-37)38-33-39(60-51-23-11-5-16-42(51)43-17-6-12-24-52(43)60)35-40(34-38)61-53-25-13-7-18-44(53)45-19-8-14-26-54(45)61/h3-35H,1-2H3. The van der Waals surface area contributed by atoms with E-state index in [1.165, 1.54) is 82.0 Å². The summed E-state index contributed by atoms with van der Waals surface area (Å²) < 4.78 is 4.87. The Hall–Kier alpha value is -7.75. The minimum atomic E-state index is -0.147. The largest absolute Gasteiger partial charge is 0.309 e. The van der Waals surface area contributed by atoms with E-state index in [1.54, 1.807) is 0 Å². The molecule has 3 aromatic heterocycles. The fourth-order valence-corrected chi connectivity index (χ4v) is 10.8. The molecule has 13 rings (SSSR count). The number of rotatable bonds is 4. The lowest BCUT2D eigenvalue weighted by Crippen LogP contribution is -2.15. The van der Waals surface area contributed by atoms with Crippen molar-refractivity contribution in [3.63, 3.8) is 0 Å². The van der Waals surface area contributed by atoms with Gasteiger partial charge in [-0.3, -0.25) is 0 Å². The first-order chi connectivity index (χ1) is 30.0. The van der Waals surface area contributed by atoms with Crippen LogP contribution in [-0.4, -0.2) is 14.1 Å². The summed E-state index contributed by atoms with van der Waals surface area (Å²) in [5, 5.41) is 8.69. The number of para-hydroxylation sites is 5. The average Bonchev–Trinajstić information content (AvgIpc) is 3.92. The molecule has 0 saturated carbocycles. The molecule has 0 amide bonds. The summed E-state index contributed by atoms with van der Waals surface area (Å²) in [6, 6.07) is 73.5. The van der Waals surface area contributed by atoms with E-state index in [0.717, 1.165) is 39.3 Å². The first kappa shape index (κ1) is 34.1. The molecular formula is C58H39N3. The van der Waals surface area contributed by atoms with E-state index < -0.39 is 0 Å². The van der Waals surface area contributed by atoms with Gasteiger partial charge in [-0.05, 0) is 87.3 Å². The van der Waals surface area contributed by atoms with Crippen molar-refractivity contribution in [2.24, 2.45) is 0 Å². The maximum absolute atomic E-state index is 5.40. The summed E-state index contributed by atoms with van der Waals surface area (Å²) in [5.74, 6) is 0. The highest BCUT2D eigenvalue weighted by Crippen LogP contribution is 2.53. The highest BCUT2D eigenvalue weighted by atomic mass is 15.0. The van der Waals surface area contributed by atoms with Crippen LogP contribution in [0, 0.1) is 0 Å². The van der Waals surface area contributed by atoms with Crippen molar-refractivity contribution in [3.05, 3.63) is 211 Å². The Balaban J connectivity index is 1.03. The van der Waals surface area contributed by atoms with Gasteiger partial charge in [-0.1, -0.05) is 166 Å². The lowest BCUT2D eigenvalue weighted by atomic mass is 9.79. The summed E-state index contributed by atoms with van der Waals surface area (Å²) in [4.78, 5) is 5.40. The van der Waals surface area contributed by atoms with Gasteiger partial charge in [0, 0.05) is 54.7 Å². The van der Waals surface area contributed by atoms with E-state index in [-0.39, 0.29) is 5.41 Å². The zero-order valence-corrected chi connectivity index (χ0v) is 33.9. The van der Waals surface area contributed by atoms with Gasteiger partial charge in [-0.15, -0.1) is 0 Å². The van der Waals surface area contributed by atoms with Crippen molar-refractivity contribution >= 4 is 65.3 Å². The minimum Gasteiger partial charge on any atom is -0.309 e. The Morgan fingerprint density at radius 1 is 0.377 bits per heavy atom. The van der Waals surface area contributed by atoms with E-state index in [2.05, 4.69) is 223 Å². The highest BCUT2D eigenvalue weighted by Gasteiger charge is 2.37. The molecule has 0 saturated heterocycles. The Morgan fingerprint density at radius 2 is 0.852 bits per heavy atom. The van der Waals surface area contributed by atoms with Crippen LogP contribution in [0.2, 0.25) is 0 Å². The van der Waals surface area contributed by atoms with Gasteiger partial charge in [0.25, 0.3) is 0 Å². The van der Waals surface area contributed by atoms with Gasteiger partial charge in [-0.25, -0.2) is 4.98 Å². The summed E-state index contributed by atoms with van der Waals surface area (Å²) in [6.45, 7) is 4.75. The predicted octanol–water partition coefficient (Wildman–Crippen LogP) is 15.2. The second kappa shape index (κ2) is 12.6. The lowest BCUT2D eigenvalue weighted by molar-refractivity contribution is 0.666. The SMILES string of the molecule is CC1(C)c2ccccc2-c2ccc3c(-c4ccc(-c5cc(-n6c7ccccc7c7ccccc76)cc(-n6c7ccccc7c7ccccc76)c5)cc4)nc4ccccc4c3c21. The van der Waals surface area contributed by atoms with Gasteiger partial charge in [0.15, 0.2) is 0 Å². The van der Waals surface area contributed by atoms with E-state index in [9.17, 15) is 0 Å². The van der Waals surface area contributed by atoms with Gasteiger partial charge in [-0.2, -0.15) is 0 Å². The molecular weight excluding hydrogens is 739 g/mol. The molecule has 0 unspecified atom stereocenters. The minimum absolute atomic E-state index is 0.147. The van der Waals surface area contributed by atoms with Crippen LogP contribution in [-0.2, 0) is 5.41 Å². The zero-order chi connectivity index (χ0) is 40.4.